The minimum atomic E-state index is -0.598. The van der Waals surface area contributed by atoms with Crippen molar-refractivity contribution in [2.45, 2.75) is 45.2 Å². The molecule has 0 aliphatic rings. The van der Waals surface area contributed by atoms with Gasteiger partial charge in [0.05, 0.1) is 7.11 Å². The molecule has 0 spiro atoms. The smallest absolute Gasteiger partial charge is 0.243 e. The molecule has 3 rings (SSSR count). The van der Waals surface area contributed by atoms with Gasteiger partial charge in [-0.05, 0) is 41.7 Å². The van der Waals surface area contributed by atoms with Gasteiger partial charge in [-0.2, -0.15) is 0 Å². The van der Waals surface area contributed by atoms with Crippen molar-refractivity contribution in [2.75, 3.05) is 13.7 Å². The van der Waals surface area contributed by atoms with Gasteiger partial charge in [0, 0.05) is 25.9 Å². The molecule has 0 unspecified atom stereocenters. The van der Waals surface area contributed by atoms with Crippen LogP contribution in [0.3, 0.4) is 0 Å². The zero-order chi connectivity index (χ0) is 24.2. The first kappa shape index (κ1) is 25.0. The van der Waals surface area contributed by atoms with Crippen LogP contribution in [0.15, 0.2) is 84.9 Å². The summed E-state index contributed by atoms with van der Waals surface area (Å²) in [6, 6.07) is 26.9. The standard InChI is InChI=1S/C29H34N2O3/c1-3-20-30-29(33)27(21-24-12-8-5-9-13-24)31(22-25-14-17-26(34-2)18-15-25)28(32)19-16-23-10-6-4-7-11-23/h4-15,17-18,27H,3,16,19-22H2,1-2H3,(H,30,33)/t27-/m1/s1. The summed E-state index contributed by atoms with van der Waals surface area (Å²) in [5.41, 5.74) is 3.08. The SMILES string of the molecule is CCCNC(=O)[C@@H](Cc1ccccc1)N(Cc1ccc(OC)cc1)C(=O)CCc1ccccc1. The fourth-order valence-corrected chi connectivity index (χ4v) is 3.89. The molecule has 0 fully saturated rings. The van der Waals surface area contributed by atoms with E-state index < -0.39 is 6.04 Å². The number of hydrogen-bond acceptors (Lipinski definition) is 3. The number of nitrogens with zero attached hydrogens (tertiary/aromatic N) is 1. The average Bonchev–Trinajstić information content (AvgIpc) is 2.89. The van der Waals surface area contributed by atoms with E-state index in [1.807, 2.05) is 91.9 Å². The molecule has 1 atom stereocenters. The molecule has 3 aromatic carbocycles. The van der Waals surface area contributed by atoms with Crippen molar-refractivity contribution >= 4 is 11.8 Å². The number of aryl methyl sites for hydroxylation is 1. The summed E-state index contributed by atoms with van der Waals surface area (Å²) < 4.78 is 5.27. The topological polar surface area (TPSA) is 58.6 Å². The van der Waals surface area contributed by atoms with Crippen LogP contribution in [0.1, 0.15) is 36.5 Å². The highest BCUT2D eigenvalue weighted by atomic mass is 16.5. The van der Waals surface area contributed by atoms with Crippen molar-refractivity contribution in [1.82, 2.24) is 10.2 Å². The molecule has 0 aromatic heterocycles. The second kappa shape index (κ2) is 13.2. The first-order chi connectivity index (χ1) is 16.6. The molecular formula is C29H34N2O3. The Morgan fingerprint density at radius 1 is 0.853 bits per heavy atom. The molecule has 3 aromatic rings. The van der Waals surface area contributed by atoms with Crippen molar-refractivity contribution in [3.05, 3.63) is 102 Å². The first-order valence-electron chi connectivity index (χ1n) is 11.9. The lowest BCUT2D eigenvalue weighted by atomic mass is 10.0. The maximum atomic E-state index is 13.6. The van der Waals surface area contributed by atoms with Gasteiger partial charge in [-0.1, -0.05) is 79.7 Å². The van der Waals surface area contributed by atoms with Crippen LogP contribution < -0.4 is 10.1 Å². The minimum absolute atomic E-state index is 0.0350. The Kier molecular flexibility index (Phi) is 9.71. The van der Waals surface area contributed by atoms with Gasteiger partial charge in [0.15, 0.2) is 0 Å². The third kappa shape index (κ3) is 7.48. The summed E-state index contributed by atoms with van der Waals surface area (Å²) in [7, 11) is 1.63. The second-order valence-electron chi connectivity index (χ2n) is 8.35. The van der Waals surface area contributed by atoms with Gasteiger partial charge in [0.1, 0.15) is 11.8 Å². The Bertz CT molecular complexity index is 1020. The van der Waals surface area contributed by atoms with Crippen LogP contribution >= 0.6 is 0 Å². The van der Waals surface area contributed by atoms with Gasteiger partial charge in [-0.3, -0.25) is 9.59 Å². The molecule has 1 N–H and O–H groups in total. The van der Waals surface area contributed by atoms with Crippen molar-refractivity contribution in [3.63, 3.8) is 0 Å². The van der Waals surface area contributed by atoms with E-state index in [0.29, 0.717) is 32.4 Å². The van der Waals surface area contributed by atoms with E-state index in [-0.39, 0.29) is 11.8 Å². The number of hydrogen-bond donors (Lipinski definition) is 1. The molecule has 0 aliphatic heterocycles. The molecule has 0 saturated carbocycles. The Hall–Kier alpha value is -3.60. The number of ether oxygens (including phenoxy) is 1. The Labute approximate surface area is 202 Å². The summed E-state index contributed by atoms with van der Waals surface area (Å²) >= 11 is 0. The van der Waals surface area contributed by atoms with Gasteiger partial charge >= 0.3 is 0 Å². The minimum Gasteiger partial charge on any atom is -0.497 e. The van der Waals surface area contributed by atoms with Crippen LogP contribution in [0.25, 0.3) is 0 Å². The van der Waals surface area contributed by atoms with Crippen LogP contribution in [0.4, 0.5) is 0 Å². The fourth-order valence-electron chi connectivity index (χ4n) is 3.89. The molecule has 0 aliphatic carbocycles. The van der Waals surface area contributed by atoms with Crippen molar-refractivity contribution in [2.24, 2.45) is 0 Å². The van der Waals surface area contributed by atoms with Crippen LogP contribution in [0, 0.1) is 0 Å². The van der Waals surface area contributed by atoms with Crippen molar-refractivity contribution in [1.29, 1.82) is 0 Å². The predicted octanol–water partition coefficient (Wildman–Crippen LogP) is 4.79. The number of carbonyl (C=O) groups excluding carboxylic acids is 2. The lowest BCUT2D eigenvalue weighted by molar-refractivity contribution is -0.141. The number of benzene rings is 3. The number of carbonyl (C=O) groups is 2. The van der Waals surface area contributed by atoms with Crippen LogP contribution in [-0.2, 0) is 29.0 Å². The maximum absolute atomic E-state index is 13.6. The van der Waals surface area contributed by atoms with Crippen molar-refractivity contribution in [3.8, 4) is 5.75 Å². The molecule has 34 heavy (non-hydrogen) atoms. The highest BCUT2D eigenvalue weighted by Gasteiger charge is 2.30. The lowest BCUT2D eigenvalue weighted by Gasteiger charge is -2.31. The highest BCUT2D eigenvalue weighted by molar-refractivity contribution is 5.88. The van der Waals surface area contributed by atoms with Gasteiger partial charge in [0.25, 0.3) is 0 Å². The number of rotatable bonds is 12. The molecule has 5 nitrogen and oxygen atoms in total. The van der Waals surface area contributed by atoms with Gasteiger partial charge in [-0.15, -0.1) is 0 Å². The number of methoxy groups -OCH3 is 1. The Balaban J connectivity index is 1.88. The fraction of sp³-hybridized carbons (Fsp3) is 0.310. The van der Waals surface area contributed by atoms with E-state index >= 15 is 0 Å². The molecule has 0 saturated heterocycles. The summed E-state index contributed by atoms with van der Waals surface area (Å²) in [6.45, 7) is 2.96. The third-order valence-electron chi connectivity index (χ3n) is 5.80. The van der Waals surface area contributed by atoms with E-state index in [2.05, 4.69) is 5.32 Å². The molecule has 0 heterocycles. The quantitative estimate of drug-likeness (QED) is 0.424. The zero-order valence-corrected chi connectivity index (χ0v) is 20.1. The normalized spacial score (nSPS) is 11.5. The van der Waals surface area contributed by atoms with Crippen LogP contribution in [0.5, 0.6) is 5.75 Å². The molecule has 0 bridgehead atoms. The van der Waals surface area contributed by atoms with E-state index in [9.17, 15) is 9.59 Å². The third-order valence-corrected chi connectivity index (χ3v) is 5.80. The van der Waals surface area contributed by atoms with Gasteiger partial charge in [-0.25, -0.2) is 0 Å². The lowest BCUT2D eigenvalue weighted by Crippen LogP contribution is -2.50. The van der Waals surface area contributed by atoms with Gasteiger partial charge < -0.3 is 15.0 Å². The number of nitrogens with one attached hydrogen (secondary N) is 1. The molecule has 5 heteroatoms. The summed E-state index contributed by atoms with van der Waals surface area (Å²) in [5, 5.41) is 3.01. The first-order valence-corrected chi connectivity index (χ1v) is 11.9. The van der Waals surface area contributed by atoms with Crippen LogP contribution in [0.2, 0.25) is 0 Å². The monoisotopic (exact) mass is 458 g/mol. The van der Waals surface area contributed by atoms with E-state index in [1.165, 1.54) is 0 Å². The Morgan fingerprint density at radius 3 is 2.06 bits per heavy atom. The zero-order valence-electron chi connectivity index (χ0n) is 20.1. The predicted molar refractivity (Wildman–Crippen MR) is 136 cm³/mol. The molecular weight excluding hydrogens is 424 g/mol. The van der Waals surface area contributed by atoms with E-state index in [4.69, 9.17) is 4.74 Å². The molecule has 178 valence electrons. The maximum Gasteiger partial charge on any atom is 0.243 e. The average molecular weight is 459 g/mol. The largest absolute Gasteiger partial charge is 0.497 e. The molecule has 0 radical (unpaired) electrons. The molecule has 2 amide bonds. The van der Waals surface area contributed by atoms with Crippen molar-refractivity contribution < 1.29 is 14.3 Å². The highest BCUT2D eigenvalue weighted by Crippen LogP contribution is 2.19. The summed E-state index contributed by atoms with van der Waals surface area (Å²) in [4.78, 5) is 28.6. The Morgan fingerprint density at radius 2 is 1.47 bits per heavy atom. The van der Waals surface area contributed by atoms with Crippen LogP contribution in [-0.4, -0.2) is 36.4 Å². The van der Waals surface area contributed by atoms with E-state index in [1.54, 1.807) is 12.0 Å². The summed E-state index contributed by atoms with van der Waals surface area (Å²) in [6.07, 6.45) is 2.27. The van der Waals surface area contributed by atoms with E-state index in [0.717, 1.165) is 28.9 Å². The second-order valence-corrected chi connectivity index (χ2v) is 8.35. The van der Waals surface area contributed by atoms with Gasteiger partial charge in [0.2, 0.25) is 11.8 Å². The summed E-state index contributed by atoms with van der Waals surface area (Å²) in [5.74, 6) is 0.603. The number of amides is 2.